The molecule has 0 radical (unpaired) electrons. The third-order valence-electron chi connectivity index (χ3n) is 7.77. The molecule has 2 unspecified atom stereocenters. The van der Waals surface area contributed by atoms with Crippen molar-refractivity contribution in [2.45, 2.75) is 62.2 Å². The lowest BCUT2D eigenvalue weighted by Gasteiger charge is -2.30. The maximum absolute atomic E-state index is 13.8. The molecular formula is C32H33F3N4O2S. The Bertz CT molecular complexity index is 1550. The zero-order valence-electron chi connectivity index (χ0n) is 23.5. The van der Waals surface area contributed by atoms with Crippen LogP contribution in [0.2, 0.25) is 0 Å². The topological polar surface area (TPSA) is 67.2 Å². The van der Waals surface area contributed by atoms with Crippen molar-refractivity contribution in [3.05, 3.63) is 113 Å². The standard InChI is InChI=1S/C32H33F3N4O2S/c1-22(23-7-4-3-5-8-23)19-31(40)39(21-30-36-17-18-38(30)2)26-14-11-24-9-6-10-29(28(24)20-26)37-42(41)27-15-12-25(13-16-27)32(33,34)35/h3-5,7-8,11-18,20,22,29,37H,6,9-10,19,21H2,1-2H3/t22-,29?,42?/m0/s1. The Balaban J connectivity index is 1.41. The molecule has 1 heterocycles. The Morgan fingerprint density at radius 1 is 1.12 bits per heavy atom. The Morgan fingerprint density at radius 3 is 2.52 bits per heavy atom. The zero-order valence-corrected chi connectivity index (χ0v) is 24.3. The number of carbonyl (C=O) groups excluding carboxylic acids is 1. The molecule has 0 saturated carbocycles. The summed E-state index contributed by atoms with van der Waals surface area (Å²) in [7, 11) is 0.171. The smallest absolute Gasteiger partial charge is 0.337 e. The highest BCUT2D eigenvalue weighted by Crippen LogP contribution is 2.35. The molecule has 0 fully saturated rings. The van der Waals surface area contributed by atoms with Crippen LogP contribution in [0.15, 0.2) is 90.1 Å². The van der Waals surface area contributed by atoms with Gasteiger partial charge in [0.1, 0.15) is 16.8 Å². The number of aryl methyl sites for hydroxylation is 2. The van der Waals surface area contributed by atoms with Gasteiger partial charge in [0.25, 0.3) is 0 Å². The number of fused-ring (bicyclic) bond motifs is 1. The fourth-order valence-corrected chi connectivity index (χ4v) is 6.35. The van der Waals surface area contributed by atoms with Crippen LogP contribution in [0.1, 0.15) is 66.2 Å². The number of nitrogens with one attached hydrogen (secondary N) is 1. The summed E-state index contributed by atoms with van der Waals surface area (Å²) >= 11 is 0. The summed E-state index contributed by atoms with van der Waals surface area (Å²) in [6, 6.07) is 19.9. The number of halogens is 3. The summed E-state index contributed by atoms with van der Waals surface area (Å²) < 4.78 is 57.1. The predicted molar refractivity (Wildman–Crippen MR) is 157 cm³/mol. The van der Waals surface area contributed by atoms with Crippen molar-refractivity contribution < 1.29 is 22.2 Å². The van der Waals surface area contributed by atoms with Gasteiger partial charge in [-0.2, -0.15) is 13.2 Å². The van der Waals surface area contributed by atoms with E-state index in [2.05, 4.69) is 9.71 Å². The minimum absolute atomic E-state index is 0.0146. The molecule has 1 aromatic heterocycles. The first-order valence-electron chi connectivity index (χ1n) is 13.9. The lowest BCUT2D eigenvalue weighted by atomic mass is 9.87. The van der Waals surface area contributed by atoms with Crippen molar-refractivity contribution in [2.75, 3.05) is 4.90 Å². The third-order valence-corrected chi connectivity index (χ3v) is 8.97. The first kappa shape index (κ1) is 29.7. The van der Waals surface area contributed by atoms with E-state index in [1.54, 1.807) is 11.1 Å². The number of amides is 1. The monoisotopic (exact) mass is 594 g/mol. The van der Waals surface area contributed by atoms with E-state index in [1.807, 2.05) is 73.3 Å². The van der Waals surface area contributed by atoms with E-state index in [0.29, 0.717) is 12.8 Å². The lowest BCUT2D eigenvalue weighted by Crippen LogP contribution is -2.33. The number of nitrogens with zero attached hydrogens (tertiary/aromatic N) is 3. The van der Waals surface area contributed by atoms with Gasteiger partial charge in [0.15, 0.2) is 0 Å². The van der Waals surface area contributed by atoms with Crippen LogP contribution in [0.25, 0.3) is 0 Å². The van der Waals surface area contributed by atoms with E-state index >= 15 is 0 Å². The summed E-state index contributed by atoms with van der Waals surface area (Å²) in [5, 5.41) is 0. The minimum Gasteiger partial charge on any atom is -0.337 e. The second kappa shape index (κ2) is 12.6. The number of carbonyl (C=O) groups is 1. The SMILES string of the molecule is C[C@@H](CC(=O)N(Cc1nccn1C)c1ccc2c(c1)C(NS(=O)c1ccc(C(F)(F)F)cc1)CCC2)c1ccccc1. The van der Waals surface area contributed by atoms with Gasteiger partial charge in [0.2, 0.25) is 5.91 Å². The highest BCUT2D eigenvalue weighted by Gasteiger charge is 2.31. The number of benzene rings is 3. The molecule has 1 aliphatic rings. The van der Waals surface area contributed by atoms with Crippen LogP contribution in [0, 0.1) is 0 Å². The van der Waals surface area contributed by atoms with Crippen molar-refractivity contribution in [3.8, 4) is 0 Å². The van der Waals surface area contributed by atoms with Crippen LogP contribution in [0.3, 0.4) is 0 Å². The van der Waals surface area contributed by atoms with Crippen LogP contribution >= 0.6 is 0 Å². The van der Waals surface area contributed by atoms with Gasteiger partial charge >= 0.3 is 6.18 Å². The van der Waals surface area contributed by atoms with Gasteiger partial charge in [-0.25, -0.2) is 13.9 Å². The van der Waals surface area contributed by atoms with Crippen LogP contribution in [0.4, 0.5) is 18.9 Å². The highest BCUT2D eigenvalue weighted by atomic mass is 32.2. The fourth-order valence-electron chi connectivity index (χ4n) is 5.33. The van der Waals surface area contributed by atoms with Gasteiger partial charge < -0.3 is 9.47 Å². The first-order chi connectivity index (χ1) is 20.1. The van der Waals surface area contributed by atoms with E-state index in [4.69, 9.17) is 0 Å². The summed E-state index contributed by atoms with van der Waals surface area (Å²) in [4.78, 5) is 20.3. The summed E-state index contributed by atoms with van der Waals surface area (Å²) in [5.74, 6) is 0.718. The van der Waals surface area contributed by atoms with Crippen LogP contribution in [-0.4, -0.2) is 19.7 Å². The second-order valence-electron chi connectivity index (χ2n) is 10.7. The van der Waals surface area contributed by atoms with Gasteiger partial charge in [-0.05, 0) is 78.3 Å². The number of rotatable bonds is 9. The summed E-state index contributed by atoms with van der Waals surface area (Å²) in [6.07, 6.45) is 1.83. The lowest BCUT2D eigenvalue weighted by molar-refractivity contribution is -0.137. The first-order valence-corrected chi connectivity index (χ1v) is 15.0. The number of hydrogen-bond acceptors (Lipinski definition) is 3. The van der Waals surface area contributed by atoms with E-state index < -0.39 is 22.7 Å². The van der Waals surface area contributed by atoms with Crippen LogP contribution in [0.5, 0.6) is 0 Å². The maximum Gasteiger partial charge on any atom is 0.416 e. The minimum atomic E-state index is -4.46. The molecule has 0 aliphatic heterocycles. The van der Waals surface area contributed by atoms with Gasteiger partial charge in [-0.3, -0.25) is 4.79 Å². The normalized spacial score (nSPS) is 16.5. The molecule has 1 N–H and O–H groups in total. The van der Waals surface area contributed by atoms with Crippen molar-refractivity contribution in [3.63, 3.8) is 0 Å². The summed E-state index contributed by atoms with van der Waals surface area (Å²) in [5.41, 5.74) is 3.05. The Labute approximate surface area is 246 Å². The largest absolute Gasteiger partial charge is 0.416 e. The molecule has 3 atom stereocenters. The van der Waals surface area contributed by atoms with Gasteiger partial charge in [-0.1, -0.05) is 43.3 Å². The van der Waals surface area contributed by atoms with Crippen LogP contribution in [-0.2, 0) is 42.0 Å². The Hall–Kier alpha value is -3.76. The highest BCUT2D eigenvalue weighted by molar-refractivity contribution is 7.83. The van der Waals surface area contributed by atoms with Gasteiger partial charge in [0.05, 0.1) is 17.0 Å². The van der Waals surface area contributed by atoms with Crippen molar-refractivity contribution in [1.82, 2.24) is 14.3 Å². The molecule has 3 aromatic carbocycles. The molecule has 1 amide bonds. The third kappa shape index (κ3) is 6.82. The number of hydrogen-bond donors (Lipinski definition) is 1. The molecule has 0 bridgehead atoms. The molecule has 4 aromatic rings. The van der Waals surface area contributed by atoms with E-state index in [0.717, 1.165) is 53.2 Å². The zero-order chi connectivity index (χ0) is 29.9. The average Bonchev–Trinajstić information content (AvgIpc) is 3.39. The molecule has 6 nitrogen and oxygen atoms in total. The molecular weight excluding hydrogens is 561 g/mol. The van der Waals surface area contributed by atoms with E-state index in [1.165, 1.54) is 12.1 Å². The average molecular weight is 595 g/mol. The van der Waals surface area contributed by atoms with Crippen molar-refractivity contribution in [1.29, 1.82) is 0 Å². The maximum atomic E-state index is 13.8. The Kier molecular flexibility index (Phi) is 8.93. The second-order valence-corrected chi connectivity index (χ2v) is 11.9. The number of imidazole rings is 1. The van der Waals surface area contributed by atoms with Crippen molar-refractivity contribution in [2.24, 2.45) is 7.05 Å². The molecule has 5 rings (SSSR count). The number of anilines is 1. The molecule has 0 saturated heterocycles. The summed E-state index contributed by atoms with van der Waals surface area (Å²) in [6.45, 7) is 2.33. The van der Waals surface area contributed by atoms with Gasteiger partial charge in [-0.15, -0.1) is 0 Å². The van der Waals surface area contributed by atoms with E-state index in [-0.39, 0.29) is 29.3 Å². The fraction of sp³-hybridized carbons (Fsp3) is 0.312. The van der Waals surface area contributed by atoms with Crippen LogP contribution < -0.4 is 9.62 Å². The predicted octanol–water partition coefficient (Wildman–Crippen LogP) is 6.86. The number of alkyl halides is 3. The molecule has 42 heavy (non-hydrogen) atoms. The molecule has 220 valence electrons. The molecule has 10 heteroatoms. The molecule has 1 aliphatic carbocycles. The van der Waals surface area contributed by atoms with Crippen molar-refractivity contribution >= 4 is 22.6 Å². The van der Waals surface area contributed by atoms with Gasteiger partial charge in [0, 0.05) is 37.6 Å². The Morgan fingerprint density at radius 2 is 1.86 bits per heavy atom. The number of aromatic nitrogens is 2. The quantitative estimate of drug-likeness (QED) is 0.230. The molecule has 0 spiro atoms. The van der Waals surface area contributed by atoms with E-state index in [9.17, 15) is 22.2 Å².